The Morgan fingerprint density at radius 2 is 2.07 bits per heavy atom. The fourth-order valence-electron chi connectivity index (χ4n) is 2.16. The predicted molar refractivity (Wildman–Crippen MR) is 64.7 cm³/mol. The molecule has 2 rings (SSSR count). The van der Waals surface area contributed by atoms with E-state index in [4.69, 9.17) is 0 Å². The highest BCUT2D eigenvalue weighted by Gasteiger charge is 2.40. The lowest BCUT2D eigenvalue weighted by Crippen LogP contribution is -2.24. The van der Waals surface area contributed by atoms with Crippen LogP contribution in [0.4, 0.5) is 4.39 Å². The molecule has 82 valence electrons. The van der Waals surface area contributed by atoms with E-state index in [9.17, 15) is 4.39 Å². The van der Waals surface area contributed by atoms with Crippen LogP contribution in [0.2, 0.25) is 0 Å². The van der Waals surface area contributed by atoms with E-state index in [0.717, 1.165) is 23.2 Å². The third kappa shape index (κ3) is 2.41. The van der Waals surface area contributed by atoms with Gasteiger partial charge in [0.15, 0.2) is 0 Å². The second-order valence-electron chi connectivity index (χ2n) is 4.83. The van der Waals surface area contributed by atoms with Gasteiger partial charge in [0.2, 0.25) is 0 Å². The molecular formula is C13H16BrF. The van der Waals surface area contributed by atoms with Gasteiger partial charge in [0.05, 0.1) is 0 Å². The van der Waals surface area contributed by atoms with Gasteiger partial charge in [-0.15, -0.1) is 0 Å². The van der Waals surface area contributed by atoms with E-state index in [1.165, 1.54) is 12.8 Å². The van der Waals surface area contributed by atoms with Gasteiger partial charge in [-0.1, -0.05) is 41.1 Å². The Bertz CT molecular complexity index is 346. The minimum Gasteiger partial charge on any atom is -0.207 e. The topological polar surface area (TPSA) is 0 Å². The number of hydrogen-bond donors (Lipinski definition) is 0. The number of alkyl halides is 1. The highest BCUT2D eigenvalue weighted by molar-refractivity contribution is 9.09. The molecule has 2 heteroatoms. The smallest absolute Gasteiger partial charge is 0.126 e. The summed E-state index contributed by atoms with van der Waals surface area (Å²) >= 11 is 3.57. The molecule has 1 fully saturated rings. The summed E-state index contributed by atoms with van der Waals surface area (Å²) in [5.74, 6) is 0.710. The molecular weight excluding hydrogens is 255 g/mol. The van der Waals surface area contributed by atoms with E-state index >= 15 is 0 Å². The third-order valence-electron chi connectivity index (χ3n) is 3.42. The van der Waals surface area contributed by atoms with Gasteiger partial charge in [0.1, 0.15) is 5.82 Å². The van der Waals surface area contributed by atoms with Gasteiger partial charge in [-0.25, -0.2) is 4.39 Å². The quantitative estimate of drug-likeness (QED) is 0.721. The van der Waals surface area contributed by atoms with Crippen molar-refractivity contribution < 1.29 is 4.39 Å². The zero-order valence-corrected chi connectivity index (χ0v) is 10.6. The molecule has 0 aliphatic heterocycles. The van der Waals surface area contributed by atoms with Gasteiger partial charge in [0, 0.05) is 5.33 Å². The van der Waals surface area contributed by atoms with Crippen LogP contribution in [0.5, 0.6) is 0 Å². The molecule has 0 bridgehead atoms. The van der Waals surface area contributed by atoms with Crippen molar-refractivity contribution in [3.05, 3.63) is 35.6 Å². The minimum absolute atomic E-state index is 0.0645. The lowest BCUT2D eigenvalue weighted by atomic mass is 9.81. The number of benzene rings is 1. The van der Waals surface area contributed by atoms with E-state index in [2.05, 4.69) is 22.9 Å². The summed E-state index contributed by atoms with van der Waals surface area (Å²) in [4.78, 5) is 0. The molecule has 0 radical (unpaired) electrons. The molecule has 1 unspecified atom stereocenters. The highest BCUT2D eigenvalue weighted by atomic mass is 79.9. The Labute approximate surface area is 99.0 Å². The average molecular weight is 271 g/mol. The van der Waals surface area contributed by atoms with Gasteiger partial charge in [-0.2, -0.15) is 0 Å². The van der Waals surface area contributed by atoms with Crippen molar-refractivity contribution in [1.29, 1.82) is 0 Å². The maximum absolute atomic E-state index is 13.5. The van der Waals surface area contributed by atoms with Crippen LogP contribution < -0.4 is 0 Å². The number of halogens is 2. The fraction of sp³-hybridized carbons (Fsp3) is 0.538. The van der Waals surface area contributed by atoms with Crippen LogP contribution >= 0.6 is 15.9 Å². The largest absolute Gasteiger partial charge is 0.207 e. The number of hydrogen-bond acceptors (Lipinski definition) is 0. The van der Waals surface area contributed by atoms with Crippen molar-refractivity contribution in [2.75, 3.05) is 5.33 Å². The molecule has 0 nitrogen and oxygen atoms in total. The minimum atomic E-state index is -0.0645. The lowest BCUT2D eigenvalue weighted by molar-refractivity contribution is 0.314. The van der Waals surface area contributed by atoms with Crippen molar-refractivity contribution in [2.45, 2.75) is 26.2 Å². The molecule has 1 aliphatic rings. The fourth-order valence-corrected chi connectivity index (χ4v) is 2.81. The second-order valence-corrected chi connectivity index (χ2v) is 5.39. The maximum Gasteiger partial charge on any atom is 0.126 e. The molecule has 1 atom stereocenters. The molecule has 0 spiro atoms. The molecule has 0 amide bonds. The number of rotatable bonds is 4. The summed E-state index contributed by atoms with van der Waals surface area (Å²) in [7, 11) is 0. The van der Waals surface area contributed by atoms with Crippen molar-refractivity contribution >= 4 is 15.9 Å². The van der Waals surface area contributed by atoms with Gasteiger partial charge in [0.25, 0.3) is 0 Å². The standard InChI is InChI=1S/C13H16BrF/c1-13(9-14,11-6-7-11)8-10-4-2-3-5-12(10)15/h2-5,11H,6-9H2,1H3. The van der Waals surface area contributed by atoms with E-state index in [0.29, 0.717) is 0 Å². The summed E-state index contributed by atoms with van der Waals surface area (Å²) in [6, 6.07) is 7.12. The van der Waals surface area contributed by atoms with Crippen LogP contribution in [0.25, 0.3) is 0 Å². The molecule has 0 heterocycles. The van der Waals surface area contributed by atoms with Crippen LogP contribution in [-0.2, 0) is 6.42 Å². The van der Waals surface area contributed by atoms with E-state index < -0.39 is 0 Å². The zero-order valence-electron chi connectivity index (χ0n) is 8.97. The zero-order chi connectivity index (χ0) is 10.9. The Hall–Kier alpha value is -0.370. The molecule has 0 aromatic heterocycles. The van der Waals surface area contributed by atoms with Gasteiger partial charge >= 0.3 is 0 Å². The Morgan fingerprint density at radius 3 is 2.60 bits per heavy atom. The first kappa shape index (κ1) is 11.1. The Kier molecular flexibility index (Phi) is 3.15. The normalized spacial score (nSPS) is 19.9. The Balaban J connectivity index is 2.16. The molecule has 1 aromatic carbocycles. The first-order valence-electron chi connectivity index (χ1n) is 5.45. The summed E-state index contributed by atoms with van der Waals surface area (Å²) in [5.41, 5.74) is 1.08. The van der Waals surface area contributed by atoms with Crippen LogP contribution in [-0.4, -0.2) is 5.33 Å². The first-order valence-corrected chi connectivity index (χ1v) is 6.57. The summed E-state index contributed by atoms with van der Waals surface area (Å²) < 4.78 is 13.5. The molecule has 1 aromatic rings. The van der Waals surface area contributed by atoms with Crippen molar-refractivity contribution in [3.63, 3.8) is 0 Å². The van der Waals surface area contributed by atoms with Gasteiger partial charge in [-0.05, 0) is 42.2 Å². The summed E-state index contributed by atoms with van der Waals surface area (Å²) in [5, 5.41) is 0.957. The van der Waals surface area contributed by atoms with Crippen LogP contribution in [0.15, 0.2) is 24.3 Å². The van der Waals surface area contributed by atoms with Crippen molar-refractivity contribution in [3.8, 4) is 0 Å². The second kappa shape index (κ2) is 4.25. The van der Waals surface area contributed by atoms with Gasteiger partial charge in [-0.3, -0.25) is 0 Å². The third-order valence-corrected chi connectivity index (χ3v) is 4.70. The molecule has 1 aliphatic carbocycles. The maximum atomic E-state index is 13.5. The van der Waals surface area contributed by atoms with Gasteiger partial charge < -0.3 is 0 Å². The monoisotopic (exact) mass is 270 g/mol. The summed E-state index contributed by atoms with van der Waals surface area (Å²) in [6.07, 6.45) is 3.45. The SMILES string of the molecule is CC(CBr)(Cc1ccccc1F)C1CC1. The molecule has 0 N–H and O–H groups in total. The van der Waals surface area contributed by atoms with Crippen molar-refractivity contribution in [2.24, 2.45) is 11.3 Å². The lowest BCUT2D eigenvalue weighted by Gasteiger charge is -2.27. The van der Waals surface area contributed by atoms with E-state index in [-0.39, 0.29) is 11.2 Å². The summed E-state index contributed by atoms with van der Waals surface area (Å²) in [6.45, 7) is 2.26. The van der Waals surface area contributed by atoms with Crippen LogP contribution in [0.3, 0.4) is 0 Å². The first-order chi connectivity index (χ1) is 7.15. The van der Waals surface area contributed by atoms with Crippen LogP contribution in [0, 0.1) is 17.2 Å². The van der Waals surface area contributed by atoms with Crippen molar-refractivity contribution in [1.82, 2.24) is 0 Å². The predicted octanol–water partition coefficient (Wildman–Crippen LogP) is 4.18. The van der Waals surface area contributed by atoms with Crippen LogP contribution in [0.1, 0.15) is 25.3 Å². The molecule has 15 heavy (non-hydrogen) atoms. The molecule has 1 saturated carbocycles. The average Bonchev–Trinajstić information content (AvgIpc) is 3.05. The van der Waals surface area contributed by atoms with E-state index in [1.54, 1.807) is 12.1 Å². The Morgan fingerprint density at radius 1 is 1.40 bits per heavy atom. The molecule has 0 saturated heterocycles. The van der Waals surface area contributed by atoms with E-state index in [1.807, 2.05) is 12.1 Å². The highest BCUT2D eigenvalue weighted by Crippen LogP contribution is 2.48.